The Labute approximate surface area is 194 Å². The van der Waals surface area contributed by atoms with Gasteiger partial charge in [0.2, 0.25) is 0 Å². The lowest BCUT2D eigenvalue weighted by Gasteiger charge is -2.34. The molecule has 3 N–H and O–H groups in total. The van der Waals surface area contributed by atoms with Crippen molar-refractivity contribution in [2.45, 2.75) is 103 Å². The van der Waals surface area contributed by atoms with Crippen molar-refractivity contribution in [1.82, 2.24) is 0 Å². The highest BCUT2D eigenvalue weighted by molar-refractivity contribution is 6.48. The molecule has 0 radical (unpaired) electrons. The third-order valence-electron chi connectivity index (χ3n) is 5.67. The Morgan fingerprint density at radius 2 is 0.862 bits per heavy atom. The molecule has 0 aliphatic carbocycles. The number of hydrogen-bond donors (Lipinski definition) is 3. The smallest absolute Gasteiger partial charge is 0.368 e. The molecule has 29 heavy (non-hydrogen) atoms. The topological polar surface area (TPSA) is 69.9 Å². The molecule has 0 atom stereocenters. The van der Waals surface area contributed by atoms with E-state index in [1.54, 1.807) is 0 Å². The molecule has 0 spiro atoms. The van der Waals surface area contributed by atoms with Gasteiger partial charge in [0.1, 0.15) is 0 Å². The largest absolute Gasteiger partial charge is 0.671 e. The van der Waals surface area contributed by atoms with Gasteiger partial charge in [-0.25, -0.2) is 0 Å². The Balaban J connectivity index is 3.87. The first-order valence-corrected chi connectivity index (χ1v) is 14.7. The van der Waals surface area contributed by atoms with Gasteiger partial charge in [-0.1, -0.05) is 51.4 Å². The molecule has 0 saturated carbocycles. The van der Waals surface area contributed by atoms with Gasteiger partial charge in [0, 0.05) is 24.2 Å². The van der Waals surface area contributed by atoms with E-state index >= 15 is 0 Å². The van der Waals surface area contributed by atoms with Gasteiger partial charge >= 0.3 is 9.05 Å². The van der Waals surface area contributed by atoms with E-state index in [0.29, 0.717) is 5.41 Å². The van der Waals surface area contributed by atoms with Crippen molar-refractivity contribution >= 4 is 43.9 Å². The molecule has 0 aliphatic rings. The molecule has 0 fully saturated rings. The Morgan fingerprint density at radius 1 is 0.517 bits per heavy atom. The number of rotatable bonds is 22. The van der Waals surface area contributed by atoms with Crippen LogP contribution in [0.5, 0.6) is 0 Å². The first-order chi connectivity index (χ1) is 13.9. The molecule has 0 saturated heterocycles. The van der Waals surface area contributed by atoms with Gasteiger partial charge in [0.25, 0.3) is 0 Å². The van der Waals surface area contributed by atoms with Crippen LogP contribution in [-0.4, -0.2) is 47.7 Å². The number of unbranched alkanes of at least 4 members (excludes halogenated alkanes) is 8. The molecule has 8 heteroatoms. The van der Waals surface area contributed by atoms with Crippen LogP contribution in [0.4, 0.5) is 0 Å². The van der Waals surface area contributed by atoms with Crippen molar-refractivity contribution < 1.29 is 18.8 Å². The predicted molar refractivity (Wildman–Crippen MR) is 127 cm³/mol. The lowest BCUT2D eigenvalue weighted by molar-refractivity contribution is 0.0618. The van der Waals surface area contributed by atoms with Gasteiger partial charge in [-0.2, -0.15) is 0 Å². The van der Waals surface area contributed by atoms with Gasteiger partial charge in [0.05, 0.1) is 0 Å². The molecule has 0 amide bonds. The average molecular weight is 494 g/mol. The van der Waals surface area contributed by atoms with E-state index in [-0.39, 0.29) is 6.61 Å². The fourth-order valence-electron chi connectivity index (χ4n) is 4.12. The normalized spacial score (nSPS) is 12.6. The van der Waals surface area contributed by atoms with Crippen molar-refractivity contribution in [1.29, 1.82) is 0 Å². The Kier molecular flexibility index (Phi) is 20.2. The molecule has 0 heterocycles. The minimum Gasteiger partial charge on any atom is -0.368 e. The predicted octanol–water partition coefficient (Wildman–Crippen LogP) is 6.36. The zero-order chi connectivity index (χ0) is 21.8. The molecule has 0 aromatic rings. The summed E-state index contributed by atoms with van der Waals surface area (Å²) < 4.78 is 4.59. The third-order valence-corrected chi connectivity index (χ3v) is 7.06. The number of alkyl halides is 3. The number of hydrogen-bond acceptors (Lipinski definition) is 4. The Hall–Kier alpha value is 0.927. The van der Waals surface area contributed by atoms with Crippen LogP contribution < -0.4 is 0 Å². The molecular weight excluding hydrogens is 451 g/mol. The summed E-state index contributed by atoms with van der Waals surface area (Å²) in [6, 6.07) is 0. The highest BCUT2D eigenvalue weighted by Crippen LogP contribution is 2.40. The highest BCUT2D eigenvalue weighted by Gasteiger charge is 2.30. The minimum atomic E-state index is -4.31. The van der Waals surface area contributed by atoms with Crippen LogP contribution in [0.2, 0.25) is 0 Å². The van der Waals surface area contributed by atoms with Crippen LogP contribution in [0.15, 0.2) is 0 Å². The molecular formula is C21H43Cl3O4Si. The monoisotopic (exact) mass is 492 g/mol. The maximum absolute atomic E-state index is 8.75. The summed E-state index contributed by atoms with van der Waals surface area (Å²) in [5.41, 5.74) is 0.374. The summed E-state index contributed by atoms with van der Waals surface area (Å²) >= 11 is 17.9. The summed E-state index contributed by atoms with van der Waals surface area (Å²) in [6.45, 7) is 0.217. The summed E-state index contributed by atoms with van der Waals surface area (Å²) in [5.74, 6) is 2.20. The van der Waals surface area contributed by atoms with Crippen LogP contribution in [-0.2, 0) is 4.43 Å². The van der Waals surface area contributed by atoms with Gasteiger partial charge in [0.15, 0.2) is 0 Å². The van der Waals surface area contributed by atoms with Crippen LogP contribution in [0.3, 0.4) is 0 Å². The molecule has 0 unspecified atom stereocenters. The van der Waals surface area contributed by atoms with Crippen LogP contribution in [0, 0.1) is 5.41 Å². The Morgan fingerprint density at radius 3 is 1.24 bits per heavy atom. The van der Waals surface area contributed by atoms with E-state index in [2.05, 4.69) is 4.43 Å². The van der Waals surface area contributed by atoms with Crippen molar-refractivity contribution in [2.75, 3.05) is 24.2 Å². The maximum Gasteiger partial charge on any atom is 0.671 e. The molecule has 4 nitrogen and oxygen atoms in total. The van der Waals surface area contributed by atoms with Gasteiger partial charge in [-0.15, -0.1) is 34.8 Å². The molecule has 176 valence electrons. The minimum absolute atomic E-state index is 0.217. The first-order valence-electron chi connectivity index (χ1n) is 11.4. The molecule has 0 aromatic heterocycles. The molecule has 0 bridgehead atoms. The van der Waals surface area contributed by atoms with E-state index < -0.39 is 9.05 Å². The van der Waals surface area contributed by atoms with Gasteiger partial charge in [-0.05, 0) is 56.8 Å². The summed E-state index contributed by atoms with van der Waals surface area (Å²) in [7, 11) is -4.31. The van der Waals surface area contributed by atoms with E-state index in [0.717, 1.165) is 56.2 Å². The van der Waals surface area contributed by atoms with E-state index in [9.17, 15) is 0 Å². The fraction of sp³-hybridized carbons (Fsp3) is 1.00. The van der Waals surface area contributed by atoms with Crippen molar-refractivity contribution in [3.63, 3.8) is 0 Å². The van der Waals surface area contributed by atoms with E-state index in [1.165, 1.54) is 64.2 Å². The lowest BCUT2D eigenvalue weighted by Crippen LogP contribution is -2.39. The Bertz CT molecular complexity index is 336. The second-order valence-corrected chi connectivity index (χ2v) is 10.8. The number of halogens is 3. The molecule has 0 rings (SSSR count). The quantitative estimate of drug-likeness (QED) is 0.0932. The van der Waals surface area contributed by atoms with Gasteiger partial charge in [-0.3, -0.25) is 0 Å². The average Bonchev–Trinajstić information content (AvgIpc) is 2.68. The zero-order valence-electron chi connectivity index (χ0n) is 18.0. The second kappa shape index (κ2) is 19.6. The summed E-state index contributed by atoms with van der Waals surface area (Å²) in [6.07, 6.45) is 18.5. The van der Waals surface area contributed by atoms with Crippen LogP contribution in [0.25, 0.3) is 0 Å². The van der Waals surface area contributed by atoms with Gasteiger partial charge < -0.3 is 18.8 Å². The van der Waals surface area contributed by atoms with Crippen LogP contribution in [0.1, 0.15) is 103 Å². The SMILES string of the molecule is O[Si](O)(O)OCCCCCCCCCCCC(CCCCl)(CCCCl)CCCCl. The first kappa shape index (κ1) is 29.9. The highest BCUT2D eigenvalue weighted by atomic mass is 35.5. The third kappa shape index (κ3) is 19.3. The van der Waals surface area contributed by atoms with Crippen molar-refractivity contribution in [2.24, 2.45) is 5.41 Å². The summed E-state index contributed by atoms with van der Waals surface area (Å²) in [4.78, 5) is 26.2. The fourth-order valence-corrected chi connectivity index (χ4v) is 4.94. The van der Waals surface area contributed by atoms with E-state index in [4.69, 9.17) is 49.2 Å². The van der Waals surface area contributed by atoms with Crippen molar-refractivity contribution in [3.05, 3.63) is 0 Å². The molecule has 0 aromatic carbocycles. The van der Waals surface area contributed by atoms with E-state index in [1.807, 2.05) is 0 Å². The molecule has 0 aliphatic heterocycles. The lowest BCUT2D eigenvalue weighted by atomic mass is 9.72. The van der Waals surface area contributed by atoms with Crippen molar-refractivity contribution in [3.8, 4) is 0 Å². The summed E-state index contributed by atoms with van der Waals surface area (Å²) in [5, 5.41) is 0. The van der Waals surface area contributed by atoms with Crippen LogP contribution >= 0.6 is 34.8 Å². The standard InChI is InChI=1S/C21H43Cl3O4Si/c22-17-10-14-21(15-11-18-23,16-12-19-24)13-8-6-4-2-1-3-5-7-9-20-28-29(25,26)27/h25-27H,1-20H2. The zero-order valence-corrected chi connectivity index (χ0v) is 21.3. The second-order valence-electron chi connectivity index (χ2n) is 8.23. The maximum atomic E-state index is 8.75.